The molecule has 1 unspecified atom stereocenters. The standard InChI is InChI=1S/C32H34F7N3O4/c1-46-27-9-5-19(42-10-2-3-17(15-42)16-43)12-23(27)30(45)41-29-21-7-6-20(24(21)14-31(34,35)36)22(29)13-28(44)40-18-4-8-26(33)25(11-18)32(37,38)39/h4-5,8-9,11-12,14,17,20-22,29,43H,2-3,6-7,10,13,15-16H2,1H3,(H,40,44)(H,41,45)/b24-14-/t17?,20-,21-,22-,29+/m1/s1. The zero-order valence-corrected chi connectivity index (χ0v) is 24.8. The molecule has 2 aromatic carbocycles. The number of rotatable bonds is 8. The molecule has 2 saturated carbocycles. The van der Waals surface area contributed by atoms with Crippen LogP contribution >= 0.6 is 0 Å². The van der Waals surface area contributed by atoms with Crippen molar-refractivity contribution in [2.45, 2.75) is 50.5 Å². The summed E-state index contributed by atoms with van der Waals surface area (Å²) < 4.78 is 99.4. The van der Waals surface area contributed by atoms with Crippen molar-refractivity contribution < 1.29 is 50.2 Å². The highest BCUT2D eigenvalue weighted by molar-refractivity contribution is 5.98. The molecule has 2 aromatic rings. The van der Waals surface area contributed by atoms with E-state index in [4.69, 9.17) is 4.74 Å². The molecule has 2 bridgehead atoms. The Balaban J connectivity index is 1.40. The van der Waals surface area contributed by atoms with Crippen molar-refractivity contribution in [3.63, 3.8) is 0 Å². The highest BCUT2D eigenvalue weighted by Gasteiger charge is 2.53. The number of ether oxygens (including phenoxy) is 1. The van der Waals surface area contributed by atoms with Gasteiger partial charge in [0.2, 0.25) is 5.91 Å². The van der Waals surface area contributed by atoms with Crippen molar-refractivity contribution in [3.05, 3.63) is 65.0 Å². The van der Waals surface area contributed by atoms with Crippen molar-refractivity contribution >= 4 is 23.2 Å². The summed E-state index contributed by atoms with van der Waals surface area (Å²) in [6.07, 6.45) is -7.42. The van der Waals surface area contributed by atoms with Crippen LogP contribution in [0.5, 0.6) is 5.75 Å². The third kappa shape index (κ3) is 7.26. The average Bonchev–Trinajstić information content (AvgIpc) is 3.50. The van der Waals surface area contributed by atoms with Gasteiger partial charge in [0.05, 0.1) is 18.2 Å². The molecule has 46 heavy (non-hydrogen) atoms. The summed E-state index contributed by atoms with van der Waals surface area (Å²) in [5.74, 6) is -4.81. The predicted molar refractivity (Wildman–Crippen MR) is 155 cm³/mol. The molecule has 2 amide bonds. The summed E-state index contributed by atoms with van der Waals surface area (Å²) >= 11 is 0. The van der Waals surface area contributed by atoms with Gasteiger partial charge in [-0.15, -0.1) is 0 Å². The van der Waals surface area contributed by atoms with Gasteiger partial charge in [0.15, 0.2) is 0 Å². The van der Waals surface area contributed by atoms with E-state index in [-0.39, 0.29) is 41.2 Å². The minimum absolute atomic E-state index is 0.0254. The number of fused-ring (bicyclic) bond motifs is 2. The zero-order valence-electron chi connectivity index (χ0n) is 24.8. The first kappa shape index (κ1) is 33.6. The van der Waals surface area contributed by atoms with Crippen LogP contribution in [0, 0.1) is 29.5 Å². The van der Waals surface area contributed by atoms with Crippen LogP contribution in [0.3, 0.4) is 0 Å². The normalized spacial score (nSPS) is 25.5. The largest absolute Gasteiger partial charge is 0.496 e. The number of halogens is 7. The Morgan fingerprint density at radius 3 is 2.46 bits per heavy atom. The molecule has 1 aliphatic heterocycles. The van der Waals surface area contributed by atoms with Gasteiger partial charge >= 0.3 is 12.4 Å². The number of alkyl halides is 6. The number of nitrogens with zero attached hydrogens (tertiary/aromatic N) is 1. The van der Waals surface area contributed by atoms with E-state index >= 15 is 0 Å². The minimum atomic E-state index is -5.00. The summed E-state index contributed by atoms with van der Waals surface area (Å²) in [6.45, 7) is 1.31. The number of hydrogen-bond donors (Lipinski definition) is 3. The van der Waals surface area contributed by atoms with E-state index in [0.717, 1.165) is 18.9 Å². The summed E-state index contributed by atoms with van der Waals surface area (Å²) in [5.41, 5.74) is -0.969. The van der Waals surface area contributed by atoms with Gasteiger partial charge in [-0.25, -0.2) is 4.39 Å². The first-order valence-corrected chi connectivity index (χ1v) is 15.0. The van der Waals surface area contributed by atoms with Gasteiger partial charge in [-0.05, 0) is 79.8 Å². The topological polar surface area (TPSA) is 90.9 Å². The molecule has 250 valence electrons. The number of benzene rings is 2. The Bertz CT molecular complexity index is 1490. The molecule has 0 radical (unpaired) electrons. The van der Waals surface area contributed by atoms with Gasteiger partial charge in [0, 0.05) is 55.5 Å². The Hall–Kier alpha value is -3.81. The molecular formula is C32H34F7N3O4. The smallest absolute Gasteiger partial charge is 0.419 e. The predicted octanol–water partition coefficient (Wildman–Crippen LogP) is 6.33. The van der Waals surface area contributed by atoms with Crippen LogP contribution in [0.15, 0.2) is 48.0 Å². The Morgan fingerprint density at radius 1 is 1.04 bits per heavy atom. The molecule has 1 saturated heterocycles. The lowest BCUT2D eigenvalue weighted by molar-refractivity contribution is -0.140. The number of piperidine rings is 1. The third-order valence-corrected chi connectivity index (χ3v) is 9.23. The molecule has 7 nitrogen and oxygen atoms in total. The highest BCUT2D eigenvalue weighted by Crippen LogP contribution is 2.54. The van der Waals surface area contributed by atoms with Crippen LogP contribution in [0.25, 0.3) is 0 Å². The van der Waals surface area contributed by atoms with Crippen LogP contribution in [0.1, 0.15) is 48.0 Å². The van der Waals surface area contributed by atoms with Crippen molar-refractivity contribution in [1.29, 1.82) is 0 Å². The lowest BCUT2D eigenvalue weighted by Crippen LogP contribution is -2.45. The molecule has 1 heterocycles. The Labute approximate surface area is 260 Å². The second-order valence-corrected chi connectivity index (χ2v) is 12.1. The van der Waals surface area contributed by atoms with Crippen molar-refractivity contribution in [1.82, 2.24) is 5.32 Å². The van der Waals surface area contributed by atoms with Gasteiger partial charge in [-0.3, -0.25) is 9.59 Å². The maximum absolute atomic E-state index is 13.8. The van der Waals surface area contributed by atoms with Crippen molar-refractivity contribution in [2.75, 3.05) is 37.0 Å². The summed E-state index contributed by atoms with van der Waals surface area (Å²) in [6, 6.07) is 6.12. The second-order valence-electron chi connectivity index (χ2n) is 12.1. The van der Waals surface area contributed by atoms with Gasteiger partial charge in [0.1, 0.15) is 11.6 Å². The Morgan fingerprint density at radius 2 is 1.78 bits per heavy atom. The van der Waals surface area contributed by atoms with E-state index in [1.807, 2.05) is 4.90 Å². The lowest BCUT2D eigenvalue weighted by Gasteiger charge is -2.34. The van der Waals surface area contributed by atoms with Crippen LogP contribution < -0.4 is 20.3 Å². The summed E-state index contributed by atoms with van der Waals surface area (Å²) in [7, 11) is 1.38. The number of hydrogen-bond acceptors (Lipinski definition) is 5. The fourth-order valence-electron chi connectivity index (χ4n) is 7.24. The third-order valence-electron chi connectivity index (χ3n) is 9.23. The number of anilines is 2. The minimum Gasteiger partial charge on any atom is -0.496 e. The van der Waals surface area contributed by atoms with Crippen LogP contribution in [0.2, 0.25) is 0 Å². The molecule has 0 spiro atoms. The number of allylic oxidation sites excluding steroid dienone is 1. The quantitative estimate of drug-likeness (QED) is 0.228. The number of amides is 2. The zero-order chi connectivity index (χ0) is 33.4. The van der Waals surface area contributed by atoms with E-state index in [1.54, 1.807) is 18.2 Å². The number of methoxy groups -OCH3 is 1. The summed E-state index contributed by atoms with van der Waals surface area (Å²) in [4.78, 5) is 28.9. The second kappa shape index (κ2) is 13.1. The molecule has 5 rings (SSSR count). The first-order valence-electron chi connectivity index (χ1n) is 15.0. The van der Waals surface area contributed by atoms with Gasteiger partial charge in [0.25, 0.3) is 5.91 Å². The Kier molecular flexibility index (Phi) is 9.57. The summed E-state index contributed by atoms with van der Waals surface area (Å²) in [5, 5.41) is 14.8. The SMILES string of the molecule is COc1ccc(N2CCCC(CO)C2)cc1C(=O)N[C@@H]1[C@H](CC(=O)Nc2ccc(F)c(C(F)(F)F)c2)[C@H]2CC[C@@H]1/C2=C\C(F)(F)F. The molecule has 5 atom stereocenters. The van der Waals surface area contributed by atoms with E-state index in [1.165, 1.54) is 7.11 Å². The van der Waals surface area contributed by atoms with Crippen LogP contribution in [-0.4, -0.2) is 55.9 Å². The lowest BCUT2D eigenvalue weighted by atomic mass is 9.81. The van der Waals surface area contributed by atoms with E-state index in [2.05, 4.69) is 10.6 Å². The van der Waals surface area contributed by atoms with E-state index in [0.29, 0.717) is 43.8 Å². The van der Waals surface area contributed by atoms with E-state index in [9.17, 15) is 45.4 Å². The number of nitrogens with one attached hydrogen (secondary N) is 2. The molecule has 0 aromatic heterocycles. The molecular weight excluding hydrogens is 623 g/mol. The monoisotopic (exact) mass is 657 g/mol. The number of aliphatic hydroxyl groups is 1. The van der Waals surface area contributed by atoms with Gasteiger partial charge in [-0.2, -0.15) is 26.3 Å². The van der Waals surface area contributed by atoms with Gasteiger partial charge in [-0.1, -0.05) is 5.57 Å². The maximum Gasteiger partial charge on any atom is 0.419 e. The fourth-order valence-corrected chi connectivity index (χ4v) is 7.24. The molecule has 14 heteroatoms. The molecule has 3 N–H and O–H groups in total. The number of carbonyl (C=O) groups is 2. The fraction of sp³-hybridized carbons (Fsp3) is 0.500. The highest BCUT2D eigenvalue weighted by atomic mass is 19.4. The molecule has 3 fully saturated rings. The van der Waals surface area contributed by atoms with Crippen LogP contribution in [0.4, 0.5) is 42.1 Å². The van der Waals surface area contributed by atoms with Gasteiger partial charge < -0.3 is 25.4 Å². The number of aliphatic hydroxyl groups excluding tert-OH is 1. The number of carbonyl (C=O) groups excluding carboxylic acids is 2. The average molecular weight is 658 g/mol. The first-order chi connectivity index (χ1) is 21.7. The van der Waals surface area contributed by atoms with Crippen LogP contribution in [-0.2, 0) is 11.0 Å². The van der Waals surface area contributed by atoms with Crippen molar-refractivity contribution in [2.24, 2.45) is 23.7 Å². The molecule has 3 aliphatic rings. The van der Waals surface area contributed by atoms with Crippen molar-refractivity contribution in [3.8, 4) is 5.75 Å². The van der Waals surface area contributed by atoms with E-state index < -0.39 is 65.8 Å². The molecule has 2 aliphatic carbocycles. The maximum atomic E-state index is 13.8.